The summed E-state index contributed by atoms with van der Waals surface area (Å²) in [6, 6.07) is 10.8. The van der Waals surface area contributed by atoms with E-state index in [1.54, 1.807) is 24.3 Å². The summed E-state index contributed by atoms with van der Waals surface area (Å²) in [5.74, 6) is -0.448. The molecule has 1 amide bonds. The molecule has 1 aliphatic heterocycles. The number of benzene rings is 2. The maximum atomic E-state index is 13.2. The highest BCUT2D eigenvalue weighted by atomic mass is 35.5. The van der Waals surface area contributed by atoms with Crippen LogP contribution in [0, 0.1) is 5.82 Å². The van der Waals surface area contributed by atoms with E-state index in [0.29, 0.717) is 23.6 Å². The minimum Gasteiger partial charge on any atom is -0.492 e. The fourth-order valence-corrected chi connectivity index (χ4v) is 4.74. The lowest BCUT2D eigenvalue weighted by Gasteiger charge is -2.19. The Labute approximate surface area is 174 Å². The van der Waals surface area contributed by atoms with Crippen molar-refractivity contribution in [3.63, 3.8) is 0 Å². The second-order valence-corrected chi connectivity index (χ2v) is 8.72. The minimum absolute atomic E-state index is 0.00669. The van der Waals surface area contributed by atoms with E-state index in [0.717, 1.165) is 10.4 Å². The van der Waals surface area contributed by atoms with Crippen LogP contribution in [-0.4, -0.2) is 49.2 Å². The highest BCUT2D eigenvalue weighted by molar-refractivity contribution is 7.87. The number of anilines is 1. The Morgan fingerprint density at radius 2 is 1.93 bits per heavy atom. The first kappa shape index (κ1) is 21.5. The van der Waals surface area contributed by atoms with Gasteiger partial charge in [-0.1, -0.05) is 29.8 Å². The summed E-state index contributed by atoms with van der Waals surface area (Å²) in [6.07, 6.45) is 0. The van der Waals surface area contributed by atoms with Gasteiger partial charge in [0.2, 0.25) is 5.91 Å². The third-order valence-corrected chi connectivity index (χ3v) is 6.67. The fraction of sp³-hybridized carbons (Fsp3) is 0.316. The number of nitrogens with zero attached hydrogens (tertiary/aromatic N) is 2. The van der Waals surface area contributed by atoms with Crippen molar-refractivity contribution in [1.82, 2.24) is 8.61 Å². The van der Waals surface area contributed by atoms with E-state index in [1.165, 1.54) is 16.4 Å². The largest absolute Gasteiger partial charge is 0.492 e. The SMILES string of the molecule is CCOc1ccccc1NC(=O)CN1CCN(Cc2ccc(F)cc2Cl)S1(=O)=O. The molecule has 1 N–H and O–H groups in total. The lowest BCUT2D eigenvalue weighted by atomic mass is 10.2. The van der Waals surface area contributed by atoms with Gasteiger partial charge in [-0.05, 0) is 36.8 Å². The summed E-state index contributed by atoms with van der Waals surface area (Å²) < 4.78 is 46.5. The van der Waals surface area contributed by atoms with E-state index in [9.17, 15) is 17.6 Å². The number of para-hydroxylation sites is 2. The first-order valence-corrected chi connectivity index (χ1v) is 10.8. The van der Waals surface area contributed by atoms with Gasteiger partial charge in [-0.2, -0.15) is 17.0 Å². The van der Waals surface area contributed by atoms with E-state index >= 15 is 0 Å². The second-order valence-electron chi connectivity index (χ2n) is 6.39. The smallest absolute Gasteiger partial charge is 0.282 e. The molecule has 0 atom stereocenters. The van der Waals surface area contributed by atoms with Gasteiger partial charge >= 0.3 is 0 Å². The molecule has 1 heterocycles. The number of rotatable bonds is 7. The van der Waals surface area contributed by atoms with E-state index < -0.39 is 21.9 Å². The molecule has 1 fully saturated rings. The second kappa shape index (κ2) is 9.08. The Balaban J connectivity index is 1.66. The molecule has 0 bridgehead atoms. The van der Waals surface area contributed by atoms with Gasteiger partial charge in [0, 0.05) is 24.7 Å². The van der Waals surface area contributed by atoms with E-state index in [1.807, 2.05) is 6.92 Å². The van der Waals surface area contributed by atoms with Crippen LogP contribution >= 0.6 is 11.6 Å². The number of hydrogen-bond donors (Lipinski definition) is 1. The molecule has 0 saturated carbocycles. The van der Waals surface area contributed by atoms with Crippen LogP contribution in [0.3, 0.4) is 0 Å². The molecule has 2 aromatic carbocycles. The average molecular weight is 442 g/mol. The maximum absolute atomic E-state index is 13.2. The molecule has 1 saturated heterocycles. The zero-order valence-electron chi connectivity index (χ0n) is 15.8. The molecule has 0 aliphatic carbocycles. The van der Waals surface area contributed by atoms with Crippen molar-refractivity contribution >= 4 is 33.4 Å². The molecular weight excluding hydrogens is 421 g/mol. The van der Waals surface area contributed by atoms with Crippen LogP contribution in [0.4, 0.5) is 10.1 Å². The van der Waals surface area contributed by atoms with Crippen LogP contribution in [0.1, 0.15) is 12.5 Å². The van der Waals surface area contributed by atoms with Crippen molar-refractivity contribution in [3.05, 3.63) is 58.9 Å². The van der Waals surface area contributed by atoms with Gasteiger partial charge < -0.3 is 10.1 Å². The van der Waals surface area contributed by atoms with Crippen molar-refractivity contribution in [2.45, 2.75) is 13.5 Å². The van der Waals surface area contributed by atoms with Crippen LogP contribution in [0.2, 0.25) is 5.02 Å². The normalized spacial score (nSPS) is 16.7. The van der Waals surface area contributed by atoms with Crippen LogP contribution in [0.5, 0.6) is 5.75 Å². The van der Waals surface area contributed by atoms with Gasteiger partial charge in [0.05, 0.1) is 18.8 Å². The minimum atomic E-state index is -3.84. The number of halogens is 2. The Hall–Kier alpha value is -2.20. The zero-order valence-corrected chi connectivity index (χ0v) is 17.3. The maximum Gasteiger partial charge on any atom is 0.282 e. The molecule has 156 valence electrons. The number of carbonyl (C=O) groups excluding carboxylic acids is 1. The van der Waals surface area contributed by atoms with E-state index in [-0.39, 0.29) is 31.2 Å². The van der Waals surface area contributed by atoms with Crippen molar-refractivity contribution in [2.75, 3.05) is 31.6 Å². The van der Waals surface area contributed by atoms with Crippen LogP contribution in [-0.2, 0) is 21.5 Å². The molecule has 1 aliphatic rings. The topological polar surface area (TPSA) is 79.0 Å². The molecule has 2 aromatic rings. The van der Waals surface area contributed by atoms with Crippen molar-refractivity contribution in [2.24, 2.45) is 0 Å². The summed E-state index contributed by atoms with van der Waals surface area (Å²) in [6.45, 7) is 2.33. The van der Waals surface area contributed by atoms with E-state index in [4.69, 9.17) is 16.3 Å². The number of carbonyl (C=O) groups is 1. The molecule has 3 rings (SSSR count). The number of amides is 1. The van der Waals surface area contributed by atoms with Gasteiger partial charge in [-0.15, -0.1) is 0 Å². The number of hydrogen-bond acceptors (Lipinski definition) is 4. The van der Waals surface area contributed by atoms with Crippen molar-refractivity contribution in [3.8, 4) is 5.75 Å². The number of nitrogens with one attached hydrogen (secondary N) is 1. The summed E-state index contributed by atoms with van der Waals surface area (Å²) in [5.41, 5.74) is 0.972. The summed E-state index contributed by atoms with van der Waals surface area (Å²) >= 11 is 6.00. The quantitative estimate of drug-likeness (QED) is 0.716. The molecular formula is C19H21ClFN3O4S. The molecule has 7 nitrogen and oxygen atoms in total. The molecule has 0 spiro atoms. The Kier molecular flexibility index (Phi) is 6.74. The number of ether oxygens (including phenoxy) is 1. The van der Waals surface area contributed by atoms with Gasteiger partial charge in [0.1, 0.15) is 11.6 Å². The van der Waals surface area contributed by atoms with Gasteiger partial charge in [0.25, 0.3) is 10.2 Å². The first-order valence-electron chi connectivity index (χ1n) is 9.02. The predicted molar refractivity (Wildman–Crippen MR) is 109 cm³/mol. The van der Waals surface area contributed by atoms with E-state index in [2.05, 4.69) is 5.32 Å². The predicted octanol–water partition coefficient (Wildman–Crippen LogP) is 2.88. The zero-order chi connectivity index (χ0) is 21.0. The van der Waals surface area contributed by atoms with Gasteiger partial charge in [-0.25, -0.2) is 4.39 Å². The standard InChI is InChI=1S/C19H21ClFN3O4S/c1-2-28-18-6-4-3-5-17(18)22-19(25)13-24-10-9-23(29(24,26)27)12-14-7-8-15(21)11-16(14)20/h3-8,11H,2,9-10,12-13H2,1H3,(H,22,25). The Morgan fingerprint density at radius 3 is 2.66 bits per heavy atom. The lowest BCUT2D eigenvalue weighted by Crippen LogP contribution is -2.37. The Morgan fingerprint density at radius 1 is 1.21 bits per heavy atom. The van der Waals surface area contributed by atoms with Crippen LogP contribution in [0.15, 0.2) is 42.5 Å². The molecule has 0 unspecified atom stereocenters. The summed E-state index contributed by atoms with van der Waals surface area (Å²) in [4.78, 5) is 12.4. The third-order valence-electron chi connectivity index (χ3n) is 4.39. The summed E-state index contributed by atoms with van der Waals surface area (Å²) in [7, 11) is -3.84. The lowest BCUT2D eigenvalue weighted by molar-refractivity contribution is -0.116. The average Bonchev–Trinajstić information content (AvgIpc) is 2.93. The highest BCUT2D eigenvalue weighted by Crippen LogP contribution is 2.26. The first-order chi connectivity index (χ1) is 13.8. The highest BCUT2D eigenvalue weighted by Gasteiger charge is 2.37. The molecule has 0 radical (unpaired) electrons. The monoisotopic (exact) mass is 441 g/mol. The molecule has 29 heavy (non-hydrogen) atoms. The van der Waals surface area contributed by atoms with Crippen molar-refractivity contribution < 1.29 is 22.3 Å². The van der Waals surface area contributed by atoms with Crippen LogP contribution in [0.25, 0.3) is 0 Å². The van der Waals surface area contributed by atoms with Crippen LogP contribution < -0.4 is 10.1 Å². The molecule has 10 heteroatoms. The molecule has 0 aromatic heterocycles. The summed E-state index contributed by atoms with van der Waals surface area (Å²) in [5, 5.41) is 2.84. The van der Waals surface area contributed by atoms with Crippen molar-refractivity contribution in [1.29, 1.82) is 0 Å². The Bertz CT molecular complexity index is 1000. The van der Waals surface area contributed by atoms with Gasteiger partial charge in [0.15, 0.2) is 0 Å². The fourth-order valence-electron chi connectivity index (χ4n) is 2.98. The van der Waals surface area contributed by atoms with Gasteiger partial charge in [-0.3, -0.25) is 4.79 Å². The third kappa shape index (κ3) is 5.05.